The third-order valence-corrected chi connectivity index (χ3v) is 4.26. The molecule has 0 saturated carbocycles. The summed E-state index contributed by atoms with van der Waals surface area (Å²) >= 11 is 0. The maximum absolute atomic E-state index is 4.76. The summed E-state index contributed by atoms with van der Waals surface area (Å²) in [5, 5.41) is 8.48. The van der Waals surface area contributed by atoms with Crippen LogP contribution in [0.25, 0.3) is 0 Å². The van der Waals surface area contributed by atoms with Crippen LogP contribution < -0.4 is 0 Å². The topological polar surface area (TPSA) is 36.9 Å². The van der Waals surface area contributed by atoms with Gasteiger partial charge in [0, 0.05) is 5.04 Å². The lowest BCUT2D eigenvalue weighted by Crippen LogP contribution is -1.97. The minimum Gasteiger partial charge on any atom is -0.315 e. The Kier molecular flexibility index (Phi) is 21.9. The van der Waals surface area contributed by atoms with Gasteiger partial charge in [0.15, 0.2) is 0 Å². The highest BCUT2D eigenvalue weighted by Crippen LogP contribution is 2.13. The summed E-state index contributed by atoms with van der Waals surface area (Å²) < 4.78 is 0. The zero-order valence-electron chi connectivity index (χ0n) is 15.9. The fourth-order valence-corrected chi connectivity index (χ4v) is 2.81. The van der Waals surface area contributed by atoms with Gasteiger partial charge in [-0.05, 0) is 11.5 Å². The van der Waals surface area contributed by atoms with Crippen LogP contribution in [-0.2, 0) is 19.9 Å². The minimum absolute atomic E-state index is 0.527. The first kappa shape index (κ1) is 23.4. The van der Waals surface area contributed by atoms with Gasteiger partial charge in [0.2, 0.25) is 0 Å². The van der Waals surface area contributed by atoms with Crippen LogP contribution >= 0.6 is 0 Å². The van der Waals surface area contributed by atoms with E-state index in [2.05, 4.69) is 28.5 Å². The molecule has 0 spiro atoms. The van der Waals surface area contributed by atoms with Crippen molar-refractivity contribution in [3.63, 3.8) is 0 Å². The molecule has 0 aromatic heterocycles. The third-order valence-electron chi connectivity index (χ3n) is 4.26. The summed E-state index contributed by atoms with van der Waals surface area (Å²) in [7, 11) is 0. The number of hydrogen-bond acceptors (Lipinski definition) is 4. The molecule has 4 nitrogen and oxygen atoms in total. The first-order valence-corrected chi connectivity index (χ1v) is 10.1. The van der Waals surface area contributed by atoms with E-state index in [0.29, 0.717) is 6.61 Å². The molecule has 0 aliphatic heterocycles. The zero-order chi connectivity index (χ0) is 17.6. The molecule has 0 N–H and O–H groups in total. The predicted molar refractivity (Wildman–Crippen MR) is 99.0 cm³/mol. The van der Waals surface area contributed by atoms with E-state index >= 15 is 0 Å². The Bertz CT molecular complexity index is 234. The van der Waals surface area contributed by atoms with E-state index in [1.165, 1.54) is 96.3 Å². The summed E-state index contributed by atoms with van der Waals surface area (Å²) in [5.74, 6) is 0. The van der Waals surface area contributed by atoms with E-state index in [0.717, 1.165) is 12.7 Å². The highest BCUT2D eigenvalue weighted by molar-refractivity contribution is 4.49. The van der Waals surface area contributed by atoms with Crippen LogP contribution in [-0.4, -0.2) is 6.61 Å². The van der Waals surface area contributed by atoms with Gasteiger partial charge in [-0.25, -0.2) is 4.89 Å². The Morgan fingerprint density at radius 3 is 1.42 bits per heavy atom. The van der Waals surface area contributed by atoms with E-state index in [1.807, 2.05) is 0 Å². The lowest BCUT2D eigenvalue weighted by atomic mass is 10.0. The summed E-state index contributed by atoms with van der Waals surface area (Å²) in [6.45, 7) is 6.10. The van der Waals surface area contributed by atoms with E-state index < -0.39 is 0 Å². The molecule has 0 rings (SSSR count). The van der Waals surface area contributed by atoms with Gasteiger partial charge < -0.3 is 4.89 Å². The van der Waals surface area contributed by atoms with Crippen molar-refractivity contribution in [2.45, 2.75) is 110 Å². The molecule has 144 valence electrons. The van der Waals surface area contributed by atoms with Crippen molar-refractivity contribution in [3.8, 4) is 0 Å². The number of unbranched alkanes of at least 4 members (excludes halogenated alkanes) is 15. The molecule has 4 heteroatoms. The molecule has 0 aliphatic carbocycles. The van der Waals surface area contributed by atoms with Crippen molar-refractivity contribution in [3.05, 3.63) is 12.8 Å². The van der Waals surface area contributed by atoms with Crippen molar-refractivity contribution in [2.75, 3.05) is 6.61 Å². The smallest absolute Gasteiger partial charge is 0.125 e. The molecule has 0 aliphatic rings. The third kappa shape index (κ3) is 21.4. The molecule has 0 amide bonds. The number of hydrogen-bond donors (Lipinski definition) is 0. The van der Waals surface area contributed by atoms with E-state index in [-0.39, 0.29) is 0 Å². The van der Waals surface area contributed by atoms with Gasteiger partial charge in [0.1, 0.15) is 6.26 Å². The largest absolute Gasteiger partial charge is 0.315 e. The van der Waals surface area contributed by atoms with Crippen molar-refractivity contribution >= 4 is 0 Å². The first-order valence-electron chi connectivity index (χ1n) is 10.1. The average Bonchev–Trinajstić information content (AvgIpc) is 2.60. The van der Waals surface area contributed by atoms with Crippen molar-refractivity contribution in [1.82, 2.24) is 0 Å². The molecule has 0 atom stereocenters. The summed E-state index contributed by atoms with van der Waals surface area (Å²) in [5.41, 5.74) is 0. The quantitative estimate of drug-likeness (QED) is 0.0954. The predicted octanol–water partition coefficient (Wildman–Crippen LogP) is 7.20. The fourth-order valence-electron chi connectivity index (χ4n) is 2.81. The molecule has 0 heterocycles. The van der Waals surface area contributed by atoms with Gasteiger partial charge in [0.05, 0.1) is 6.61 Å². The molecule has 0 aromatic rings. The lowest BCUT2D eigenvalue weighted by molar-refractivity contribution is -0.621. The molecular formula is C20H40O4. The van der Waals surface area contributed by atoms with Gasteiger partial charge in [-0.3, -0.25) is 0 Å². The van der Waals surface area contributed by atoms with Gasteiger partial charge in [0.25, 0.3) is 0 Å². The van der Waals surface area contributed by atoms with Crippen LogP contribution in [0.5, 0.6) is 0 Å². The molecular weight excluding hydrogens is 304 g/mol. The molecule has 0 fully saturated rings. The Morgan fingerprint density at radius 2 is 1.00 bits per heavy atom. The van der Waals surface area contributed by atoms with Crippen molar-refractivity contribution in [2.24, 2.45) is 0 Å². The van der Waals surface area contributed by atoms with Crippen LogP contribution in [0.2, 0.25) is 0 Å². The normalized spacial score (nSPS) is 10.9. The van der Waals surface area contributed by atoms with Crippen LogP contribution in [0, 0.1) is 0 Å². The second kappa shape index (κ2) is 22.4. The number of rotatable bonds is 21. The van der Waals surface area contributed by atoms with Crippen LogP contribution in [0.15, 0.2) is 12.8 Å². The standard InChI is InChI=1S/C20H40O4/c1-3-5-6-7-8-9-10-11-12-13-14-15-16-17-18-19-20-22-24-23-21-4-2/h4H,2-3,5-20H2,1H3. The second-order valence-corrected chi connectivity index (χ2v) is 6.52. The Labute approximate surface area is 149 Å². The molecule has 0 radical (unpaired) electrons. The summed E-state index contributed by atoms with van der Waals surface area (Å²) in [6.07, 6.45) is 22.9. The maximum Gasteiger partial charge on any atom is 0.125 e. The molecule has 0 bridgehead atoms. The molecule has 24 heavy (non-hydrogen) atoms. The summed E-state index contributed by atoms with van der Waals surface area (Å²) in [6, 6.07) is 0. The highest BCUT2D eigenvalue weighted by Gasteiger charge is 1.95. The Hall–Kier alpha value is -0.580. The molecule has 0 aromatic carbocycles. The van der Waals surface area contributed by atoms with Crippen LogP contribution in [0.4, 0.5) is 0 Å². The van der Waals surface area contributed by atoms with E-state index in [9.17, 15) is 0 Å². The Morgan fingerprint density at radius 1 is 0.583 bits per heavy atom. The highest BCUT2D eigenvalue weighted by atomic mass is 17.7. The van der Waals surface area contributed by atoms with E-state index in [1.54, 1.807) is 0 Å². The minimum atomic E-state index is 0.527. The van der Waals surface area contributed by atoms with Crippen LogP contribution in [0.1, 0.15) is 110 Å². The molecule has 0 saturated heterocycles. The van der Waals surface area contributed by atoms with Gasteiger partial charge in [-0.2, -0.15) is 0 Å². The van der Waals surface area contributed by atoms with Gasteiger partial charge in [-0.1, -0.05) is 110 Å². The van der Waals surface area contributed by atoms with Gasteiger partial charge in [-0.15, -0.1) is 0 Å². The average molecular weight is 345 g/mol. The van der Waals surface area contributed by atoms with E-state index in [4.69, 9.17) is 4.89 Å². The Balaban J connectivity index is 2.94. The maximum atomic E-state index is 4.76. The second-order valence-electron chi connectivity index (χ2n) is 6.52. The lowest BCUT2D eigenvalue weighted by Gasteiger charge is -2.03. The fraction of sp³-hybridized carbons (Fsp3) is 0.900. The SMILES string of the molecule is C=COOOOCCCCCCCCCCCCCCCCCC. The van der Waals surface area contributed by atoms with Crippen molar-refractivity contribution in [1.29, 1.82) is 0 Å². The zero-order valence-corrected chi connectivity index (χ0v) is 15.9. The van der Waals surface area contributed by atoms with Gasteiger partial charge >= 0.3 is 0 Å². The first-order chi connectivity index (χ1) is 11.9. The molecule has 0 unspecified atom stereocenters. The summed E-state index contributed by atoms with van der Waals surface area (Å²) in [4.78, 5) is 9.04. The van der Waals surface area contributed by atoms with Crippen molar-refractivity contribution < 1.29 is 19.9 Å². The van der Waals surface area contributed by atoms with Crippen LogP contribution in [0.3, 0.4) is 0 Å². The monoisotopic (exact) mass is 344 g/mol.